The zero-order chi connectivity index (χ0) is 27.8. The molecule has 1 N–H and O–H groups in total. The molecule has 0 aliphatic heterocycles. The Morgan fingerprint density at radius 1 is 0.892 bits per heavy atom. The number of aliphatic hydroxyl groups excluding tert-OH is 1. The Hall–Kier alpha value is -0.340. The minimum absolute atomic E-state index is 0.0156. The summed E-state index contributed by atoms with van der Waals surface area (Å²) in [5.41, 5.74) is 2.57. The van der Waals surface area contributed by atoms with Crippen LogP contribution in [0.4, 0.5) is 0 Å². The molecule has 0 saturated heterocycles. The fraction of sp³-hybridized carbons (Fsp3) is 0.943. The third-order valence-corrected chi connectivity index (χ3v) is 10.9. The van der Waals surface area contributed by atoms with Crippen LogP contribution in [0.25, 0.3) is 0 Å². The van der Waals surface area contributed by atoms with E-state index in [1.807, 2.05) is 0 Å². The highest BCUT2D eigenvalue weighted by Crippen LogP contribution is 2.67. The summed E-state index contributed by atoms with van der Waals surface area (Å²) in [6.07, 6.45) is 17.2. The third kappa shape index (κ3) is 7.45. The lowest BCUT2D eigenvalue weighted by Crippen LogP contribution is -2.50. The Kier molecular flexibility index (Phi) is 9.81. The van der Waals surface area contributed by atoms with Crippen molar-refractivity contribution >= 4 is 0 Å². The molecule has 0 amide bonds. The molecular formula is C35H64O2. The van der Waals surface area contributed by atoms with Crippen LogP contribution in [0, 0.1) is 46.3 Å². The highest BCUT2D eigenvalue weighted by atomic mass is 16.5. The minimum Gasteiger partial charge on any atom is -0.393 e. The maximum atomic E-state index is 10.2. The van der Waals surface area contributed by atoms with E-state index in [2.05, 4.69) is 82.2 Å². The molecule has 4 rings (SSSR count). The number of aliphatic hydroxyl groups is 1. The zero-order valence-corrected chi connectivity index (χ0v) is 26.8. The van der Waals surface area contributed by atoms with Crippen molar-refractivity contribution in [2.24, 2.45) is 46.3 Å². The van der Waals surface area contributed by atoms with Crippen LogP contribution in [0.3, 0.4) is 0 Å². The quantitative estimate of drug-likeness (QED) is 0.368. The second kappa shape index (κ2) is 11.6. The van der Waals surface area contributed by atoms with Crippen molar-refractivity contribution in [1.82, 2.24) is 0 Å². The van der Waals surface area contributed by atoms with Gasteiger partial charge in [-0.2, -0.15) is 0 Å². The molecule has 4 aliphatic carbocycles. The van der Waals surface area contributed by atoms with Gasteiger partial charge in [-0.3, -0.25) is 0 Å². The van der Waals surface area contributed by atoms with Crippen molar-refractivity contribution in [3.8, 4) is 0 Å². The number of rotatable bonds is 5. The van der Waals surface area contributed by atoms with E-state index in [4.69, 9.17) is 4.74 Å². The fourth-order valence-electron chi connectivity index (χ4n) is 9.58. The summed E-state index contributed by atoms with van der Waals surface area (Å²) in [5, 5.41) is 10.2. The van der Waals surface area contributed by atoms with E-state index in [1.54, 1.807) is 5.57 Å². The molecule has 0 aromatic heterocycles. The number of hydrogen-bond donors (Lipinski definition) is 1. The molecule has 0 radical (unpaired) electrons. The summed E-state index contributed by atoms with van der Waals surface area (Å²) in [5.74, 6) is 5.46. The van der Waals surface area contributed by atoms with Crippen molar-refractivity contribution in [2.75, 3.05) is 0 Å². The molecule has 8 atom stereocenters. The largest absolute Gasteiger partial charge is 0.393 e. The zero-order valence-electron chi connectivity index (χ0n) is 26.8. The number of hydrogen-bond acceptors (Lipinski definition) is 2. The van der Waals surface area contributed by atoms with Gasteiger partial charge in [-0.15, -0.1) is 0 Å². The first-order valence-electron chi connectivity index (χ1n) is 16.0. The molecule has 4 aliphatic rings. The Bertz CT molecular complexity index is 755. The lowest BCUT2D eigenvalue weighted by atomic mass is 9.47. The Balaban J connectivity index is 0.000000364. The van der Waals surface area contributed by atoms with Gasteiger partial charge in [0, 0.05) is 0 Å². The van der Waals surface area contributed by atoms with E-state index < -0.39 is 0 Å². The van der Waals surface area contributed by atoms with Crippen LogP contribution in [0.2, 0.25) is 0 Å². The van der Waals surface area contributed by atoms with Crippen LogP contribution in [-0.4, -0.2) is 22.4 Å². The summed E-state index contributed by atoms with van der Waals surface area (Å²) in [6.45, 7) is 25.0. The summed E-state index contributed by atoms with van der Waals surface area (Å²) in [4.78, 5) is 0. The van der Waals surface area contributed by atoms with Crippen LogP contribution in [-0.2, 0) is 4.74 Å². The molecule has 216 valence electrons. The monoisotopic (exact) mass is 516 g/mol. The Morgan fingerprint density at radius 2 is 1.54 bits per heavy atom. The van der Waals surface area contributed by atoms with Gasteiger partial charge in [-0.1, -0.05) is 65.5 Å². The standard InChI is InChI=1S/C27H46O.C8H18O/c1-18(2)7-6-8-19(3)23-11-12-24-22-10-9-20-17-21(28)13-15-26(20,4)25(22)14-16-27(23,24)5;1-7(2,3)9-8(4,5)6/h9,18-19,21-25,28H,6-8,10-17H2,1-5H3;1-6H3/t19-,21+,22+,23-,24+,25+,26+,27-;/m1./s1. The van der Waals surface area contributed by atoms with Crippen LogP contribution in [0.1, 0.15) is 147 Å². The van der Waals surface area contributed by atoms with Crippen LogP contribution < -0.4 is 0 Å². The molecule has 0 spiro atoms. The maximum absolute atomic E-state index is 10.2. The average Bonchev–Trinajstić information content (AvgIpc) is 3.09. The van der Waals surface area contributed by atoms with Crippen molar-refractivity contribution in [3.05, 3.63) is 11.6 Å². The van der Waals surface area contributed by atoms with Gasteiger partial charge in [-0.25, -0.2) is 0 Å². The molecule has 37 heavy (non-hydrogen) atoms. The van der Waals surface area contributed by atoms with E-state index >= 15 is 0 Å². The molecule has 2 nitrogen and oxygen atoms in total. The Labute approximate surface area is 231 Å². The fourth-order valence-corrected chi connectivity index (χ4v) is 9.58. The summed E-state index contributed by atoms with van der Waals surface area (Å²) < 4.78 is 5.62. The molecule has 3 saturated carbocycles. The van der Waals surface area contributed by atoms with Crippen molar-refractivity contribution in [3.63, 3.8) is 0 Å². The number of fused-ring (bicyclic) bond motifs is 5. The van der Waals surface area contributed by atoms with Crippen molar-refractivity contribution in [2.45, 2.75) is 164 Å². The second-order valence-electron chi connectivity index (χ2n) is 16.5. The molecule has 0 heterocycles. The number of ether oxygens (including phenoxy) is 1. The first kappa shape index (κ1) is 31.2. The van der Waals surface area contributed by atoms with Crippen molar-refractivity contribution in [1.29, 1.82) is 0 Å². The average molecular weight is 517 g/mol. The molecule has 0 aromatic carbocycles. The van der Waals surface area contributed by atoms with Gasteiger partial charge in [0.05, 0.1) is 17.3 Å². The van der Waals surface area contributed by atoms with Gasteiger partial charge in [0.25, 0.3) is 0 Å². The molecule has 2 heteroatoms. The van der Waals surface area contributed by atoms with Crippen LogP contribution >= 0.6 is 0 Å². The molecule has 0 unspecified atom stereocenters. The smallest absolute Gasteiger partial charge is 0.0605 e. The van der Waals surface area contributed by atoms with Crippen molar-refractivity contribution < 1.29 is 9.84 Å². The van der Waals surface area contributed by atoms with Gasteiger partial charge in [0.15, 0.2) is 0 Å². The first-order valence-corrected chi connectivity index (χ1v) is 16.0. The summed E-state index contributed by atoms with van der Waals surface area (Å²) in [6, 6.07) is 0. The lowest BCUT2D eigenvalue weighted by molar-refractivity contribution is -0.102. The highest BCUT2D eigenvalue weighted by molar-refractivity contribution is 5.25. The van der Waals surface area contributed by atoms with Crippen LogP contribution in [0.15, 0.2) is 11.6 Å². The Morgan fingerprint density at radius 3 is 2.11 bits per heavy atom. The lowest BCUT2D eigenvalue weighted by Gasteiger charge is -2.58. The third-order valence-electron chi connectivity index (χ3n) is 10.9. The molecule has 0 aromatic rings. The van der Waals surface area contributed by atoms with Gasteiger partial charge in [0.2, 0.25) is 0 Å². The minimum atomic E-state index is -0.0766. The normalized spacial score (nSPS) is 38.6. The van der Waals surface area contributed by atoms with E-state index in [0.717, 1.165) is 48.3 Å². The number of allylic oxidation sites excluding steroid dienone is 1. The summed E-state index contributed by atoms with van der Waals surface area (Å²) in [7, 11) is 0. The first-order chi connectivity index (χ1) is 17.0. The van der Waals surface area contributed by atoms with Gasteiger partial charge in [0.1, 0.15) is 0 Å². The molecular weight excluding hydrogens is 452 g/mol. The van der Waals surface area contributed by atoms with E-state index in [9.17, 15) is 5.11 Å². The molecule has 0 bridgehead atoms. The predicted molar refractivity (Wildman–Crippen MR) is 160 cm³/mol. The van der Waals surface area contributed by atoms with E-state index in [-0.39, 0.29) is 17.3 Å². The van der Waals surface area contributed by atoms with Gasteiger partial charge in [-0.05, 0) is 139 Å². The van der Waals surface area contributed by atoms with Crippen LogP contribution in [0.5, 0.6) is 0 Å². The molecule has 3 fully saturated rings. The topological polar surface area (TPSA) is 29.5 Å². The predicted octanol–water partition coefficient (Wildman–Crippen LogP) is 9.99. The SMILES string of the molecule is CC(C)(C)OC(C)(C)C.CC(C)CCC[C@@H](C)[C@H]1CC[C@H]2[C@@H]3CC=C4C[C@@H](O)CC[C@]4(C)[C@H]3CC[C@]12C. The van der Waals surface area contributed by atoms with E-state index in [1.165, 1.54) is 57.8 Å². The van der Waals surface area contributed by atoms with E-state index in [0.29, 0.717) is 10.8 Å². The highest BCUT2D eigenvalue weighted by Gasteiger charge is 2.59. The van der Waals surface area contributed by atoms with Gasteiger partial charge < -0.3 is 9.84 Å². The summed E-state index contributed by atoms with van der Waals surface area (Å²) >= 11 is 0. The maximum Gasteiger partial charge on any atom is 0.0605 e. The second-order valence-corrected chi connectivity index (χ2v) is 16.5. The van der Waals surface area contributed by atoms with Gasteiger partial charge >= 0.3 is 0 Å².